The molecule has 0 spiro atoms. The summed E-state index contributed by atoms with van der Waals surface area (Å²) in [6, 6.07) is 7.31. The fourth-order valence-electron chi connectivity index (χ4n) is 3.28. The molecule has 0 saturated carbocycles. The van der Waals surface area contributed by atoms with Crippen LogP contribution in [0.4, 0.5) is 24.8 Å². The van der Waals surface area contributed by atoms with Gasteiger partial charge < -0.3 is 19.8 Å². The SMILES string of the molecule is Cc1cc(OC2=CC3=CNSN3C=C2)ccc1Nc1nc2cc(C(F)(F)F)cc(Cl)c2[nH]1. The molecule has 0 unspecified atom stereocenters. The number of anilines is 2. The Hall–Kier alpha value is -3.24. The van der Waals surface area contributed by atoms with E-state index in [1.807, 2.05) is 47.9 Å². The summed E-state index contributed by atoms with van der Waals surface area (Å²) in [4.78, 5) is 7.14. The second kappa shape index (κ2) is 7.72. The number of allylic oxidation sites excluding steroid dienone is 2. The van der Waals surface area contributed by atoms with Crippen LogP contribution >= 0.6 is 23.7 Å². The Morgan fingerprint density at radius 1 is 1.22 bits per heavy atom. The number of aromatic nitrogens is 2. The third kappa shape index (κ3) is 3.98. The summed E-state index contributed by atoms with van der Waals surface area (Å²) >= 11 is 7.49. The lowest BCUT2D eigenvalue weighted by atomic mass is 10.2. The topological polar surface area (TPSA) is 65.2 Å². The average Bonchev–Trinajstić information content (AvgIpc) is 3.35. The Kier molecular flexibility index (Phi) is 4.98. The first kappa shape index (κ1) is 20.7. The maximum atomic E-state index is 13.0. The molecule has 0 amide bonds. The van der Waals surface area contributed by atoms with Crippen LogP contribution in [0.1, 0.15) is 11.1 Å². The zero-order valence-electron chi connectivity index (χ0n) is 16.4. The summed E-state index contributed by atoms with van der Waals surface area (Å²) in [5.74, 6) is 1.64. The van der Waals surface area contributed by atoms with Gasteiger partial charge in [0.1, 0.15) is 11.5 Å². The zero-order valence-corrected chi connectivity index (χ0v) is 18.0. The number of ether oxygens (including phenoxy) is 1. The first-order valence-electron chi connectivity index (χ1n) is 9.40. The Bertz CT molecular complexity index is 1310. The van der Waals surface area contributed by atoms with Crippen molar-refractivity contribution in [3.8, 4) is 5.75 Å². The predicted octanol–water partition coefficient (Wildman–Crippen LogP) is 6.39. The fourth-order valence-corrected chi connectivity index (χ4v) is 4.16. The van der Waals surface area contributed by atoms with Gasteiger partial charge in [0.05, 0.1) is 39.5 Å². The molecule has 32 heavy (non-hydrogen) atoms. The van der Waals surface area contributed by atoms with Crippen LogP contribution in [-0.2, 0) is 6.18 Å². The number of hydrogen-bond acceptors (Lipinski definition) is 6. The number of benzene rings is 2. The summed E-state index contributed by atoms with van der Waals surface area (Å²) in [6.07, 6.45) is 3.08. The highest BCUT2D eigenvalue weighted by atomic mass is 35.5. The van der Waals surface area contributed by atoms with Gasteiger partial charge in [-0.05, 0) is 48.9 Å². The van der Waals surface area contributed by atoms with E-state index in [-0.39, 0.29) is 16.5 Å². The number of fused-ring (bicyclic) bond motifs is 2. The maximum absolute atomic E-state index is 13.0. The van der Waals surface area contributed by atoms with Crippen molar-refractivity contribution in [1.82, 2.24) is 19.0 Å². The third-order valence-corrected chi connectivity index (χ3v) is 5.89. The highest BCUT2D eigenvalue weighted by Gasteiger charge is 2.31. The molecule has 164 valence electrons. The van der Waals surface area contributed by atoms with E-state index in [0.29, 0.717) is 17.0 Å². The average molecular weight is 478 g/mol. The van der Waals surface area contributed by atoms with Gasteiger partial charge in [-0.25, -0.2) is 4.98 Å². The van der Waals surface area contributed by atoms with Gasteiger partial charge in [-0.1, -0.05) is 11.6 Å². The molecule has 0 saturated heterocycles. The number of H-pyrrole nitrogens is 1. The van der Waals surface area contributed by atoms with Crippen molar-refractivity contribution in [1.29, 1.82) is 0 Å². The van der Waals surface area contributed by atoms with Crippen molar-refractivity contribution >= 4 is 46.4 Å². The summed E-state index contributed by atoms with van der Waals surface area (Å²) in [7, 11) is 0. The quantitative estimate of drug-likeness (QED) is 0.378. The van der Waals surface area contributed by atoms with E-state index in [2.05, 4.69) is 20.0 Å². The number of alkyl halides is 3. The van der Waals surface area contributed by atoms with Gasteiger partial charge in [-0.15, -0.1) is 0 Å². The minimum Gasteiger partial charge on any atom is -0.457 e. The molecule has 3 N–H and O–H groups in total. The van der Waals surface area contributed by atoms with Crippen LogP contribution in [0.25, 0.3) is 11.0 Å². The van der Waals surface area contributed by atoms with Crippen molar-refractivity contribution in [2.75, 3.05) is 5.32 Å². The molecule has 0 bridgehead atoms. The van der Waals surface area contributed by atoms with Crippen molar-refractivity contribution < 1.29 is 17.9 Å². The zero-order chi connectivity index (χ0) is 22.5. The number of aryl methyl sites for hydroxylation is 1. The standard InChI is InChI=1S/C21H15ClF3N5OS/c1-11-6-14(31-15-4-5-30-13(9-15)10-26-32-30)2-3-17(11)27-20-28-18-8-12(21(23,24)25)7-16(22)19(18)29-20/h2-10,26H,1H3,(H2,27,28,29). The minimum absolute atomic E-state index is 0.0470. The molecule has 2 aliphatic heterocycles. The Morgan fingerprint density at radius 3 is 2.84 bits per heavy atom. The van der Waals surface area contributed by atoms with E-state index in [4.69, 9.17) is 16.3 Å². The molecule has 2 aliphatic rings. The smallest absolute Gasteiger partial charge is 0.416 e. The largest absolute Gasteiger partial charge is 0.457 e. The number of hydrogen-bond donors (Lipinski definition) is 3. The molecule has 11 heteroatoms. The molecule has 0 radical (unpaired) electrons. The number of nitrogens with zero attached hydrogens (tertiary/aromatic N) is 2. The normalized spacial score (nSPS) is 15.3. The minimum atomic E-state index is -4.50. The summed E-state index contributed by atoms with van der Waals surface area (Å²) in [6.45, 7) is 1.89. The van der Waals surface area contributed by atoms with Gasteiger partial charge in [0.15, 0.2) is 0 Å². The molecule has 0 fully saturated rings. The van der Waals surface area contributed by atoms with Crippen LogP contribution in [-0.4, -0.2) is 14.3 Å². The van der Waals surface area contributed by atoms with Crippen LogP contribution in [0.15, 0.2) is 66.3 Å². The third-order valence-electron chi connectivity index (χ3n) is 4.84. The van der Waals surface area contributed by atoms with Crippen LogP contribution in [0.3, 0.4) is 0 Å². The Balaban J connectivity index is 1.35. The van der Waals surface area contributed by atoms with E-state index in [1.165, 1.54) is 12.1 Å². The number of rotatable bonds is 4. The van der Waals surface area contributed by atoms with E-state index >= 15 is 0 Å². The van der Waals surface area contributed by atoms with Gasteiger partial charge in [0.2, 0.25) is 5.95 Å². The summed E-state index contributed by atoms with van der Waals surface area (Å²) in [5.41, 5.74) is 2.19. The molecule has 3 heterocycles. The van der Waals surface area contributed by atoms with Gasteiger partial charge >= 0.3 is 6.18 Å². The van der Waals surface area contributed by atoms with Crippen molar-refractivity contribution in [3.63, 3.8) is 0 Å². The highest BCUT2D eigenvalue weighted by Crippen LogP contribution is 2.35. The van der Waals surface area contributed by atoms with Gasteiger partial charge in [-0.2, -0.15) is 13.2 Å². The lowest BCUT2D eigenvalue weighted by Crippen LogP contribution is -2.08. The molecule has 2 aromatic carbocycles. The Labute approximate surface area is 190 Å². The molecule has 6 nitrogen and oxygen atoms in total. The van der Waals surface area contributed by atoms with Crippen molar-refractivity contribution in [2.24, 2.45) is 0 Å². The first-order chi connectivity index (χ1) is 15.3. The van der Waals surface area contributed by atoms with E-state index < -0.39 is 11.7 Å². The number of imidazole rings is 1. The summed E-state index contributed by atoms with van der Waals surface area (Å²) in [5, 5.41) is 3.04. The van der Waals surface area contributed by atoms with E-state index in [0.717, 1.165) is 29.1 Å². The monoisotopic (exact) mass is 477 g/mol. The molecular weight excluding hydrogens is 463 g/mol. The van der Waals surface area contributed by atoms with E-state index in [9.17, 15) is 13.2 Å². The number of halogens is 4. The fraction of sp³-hybridized carbons (Fsp3) is 0.0952. The van der Waals surface area contributed by atoms with Gasteiger partial charge in [0, 0.05) is 24.2 Å². The molecule has 0 aliphatic carbocycles. The van der Waals surface area contributed by atoms with Gasteiger partial charge in [0.25, 0.3) is 0 Å². The molecular formula is C21H15ClF3N5OS. The van der Waals surface area contributed by atoms with Crippen LogP contribution < -0.4 is 14.8 Å². The predicted molar refractivity (Wildman–Crippen MR) is 119 cm³/mol. The first-order valence-corrected chi connectivity index (χ1v) is 10.6. The van der Waals surface area contributed by atoms with Crippen molar-refractivity contribution in [2.45, 2.75) is 13.1 Å². The Morgan fingerprint density at radius 2 is 2.06 bits per heavy atom. The second-order valence-corrected chi connectivity index (χ2v) is 8.32. The number of aromatic amines is 1. The molecule has 0 atom stereocenters. The maximum Gasteiger partial charge on any atom is 0.416 e. The summed E-state index contributed by atoms with van der Waals surface area (Å²) < 4.78 is 50.1. The van der Waals surface area contributed by atoms with Gasteiger partial charge in [-0.3, -0.25) is 4.31 Å². The van der Waals surface area contributed by atoms with E-state index in [1.54, 1.807) is 6.07 Å². The molecule has 3 aromatic rings. The second-order valence-electron chi connectivity index (χ2n) is 7.11. The number of nitrogens with one attached hydrogen (secondary N) is 3. The molecule has 1 aromatic heterocycles. The lowest BCUT2D eigenvalue weighted by Gasteiger charge is -2.18. The molecule has 5 rings (SSSR count). The van der Waals surface area contributed by atoms with Crippen LogP contribution in [0.5, 0.6) is 5.75 Å². The van der Waals surface area contributed by atoms with Crippen molar-refractivity contribution in [3.05, 3.63) is 82.5 Å². The van der Waals surface area contributed by atoms with Crippen LogP contribution in [0.2, 0.25) is 5.02 Å². The van der Waals surface area contributed by atoms with Crippen LogP contribution in [0, 0.1) is 6.92 Å². The lowest BCUT2D eigenvalue weighted by molar-refractivity contribution is -0.137. The highest BCUT2D eigenvalue weighted by molar-refractivity contribution is 7.95.